The van der Waals surface area contributed by atoms with Crippen LogP contribution in [0.2, 0.25) is 0 Å². The molecule has 0 heterocycles. The summed E-state index contributed by atoms with van der Waals surface area (Å²) in [6.07, 6.45) is -3.27. The molecule has 0 spiro atoms. The number of alkyl halides is 3. The van der Waals surface area contributed by atoms with E-state index in [2.05, 4.69) is 0 Å². The standard InChI is InChI=1S/C16H23F3N2O3S/c1-21(15(23)13(20)7-8-25-2)9-11(22)10-24-14-6-4-3-5-12(14)16(17,18)19/h3-6,11,13,22H,7-10,20H2,1-2H3/t11?,13-/m0/s1. The molecule has 1 rings (SSSR count). The lowest BCUT2D eigenvalue weighted by Gasteiger charge is -2.24. The number of benzene rings is 1. The first kappa shape index (κ1) is 21.6. The van der Waals surface area contributed by atoms with Crippen molar-refractivity contribution in [3.63, 3.8) is 0 Å². The fourth-order valence-corrected chi connectivity index (χ4v) is 2.61. The van der Waals surface area contributed by atoms with Gasteiger partial charge < -0.3 is 20.5 Å². The number of hydrogen-bond acceptors (Lipinski definition) is 5. The third-order valence-electron chi connectivity index (χ3n) is 3.43. The van der Waals surface area contributed by atoms with E-state index >= 15 is 0 Å². The molecule has 0 fully saturated rings. The molecule has 1 aromatic rings. The molecule has 0 aliphatic carbocycles. The molecule has 1 unspecified atom stereocenters. The summed E-state index contributed by atoms with van der Waals surface area (Å²) < 4.78 is 43.7. The van der Waals surface area contributed by atoms with Crippen LogP contribution in [-0.4, -0.2) is 60.3 Å². The van der Waals surface area contributed by atoms with Crippen molar-refractivity contribution in [3.05, 3.63) is 29.8 Å². The molecule has 9 heteroatoms. The summed E-state index contributed by atoms with van der Waals surface area (Å²) in [4.78, 5) is 13.3. The zero-order valence-corrected chi connectivity index (χ0v) is 14.9. The first-order valence-electron chi connectivity index (χ1n) is 7.63. The van der Waals surface area contributed by atoms with Crippen LogP contribution >= 0.6 is 11.8 Å². The molecule has 0 aliphatic rings. The van der Waals surface area contributed by atoms with Gasteiger partial charge in [0.1, 0.15) is 18.5 Å². The first-order valence-corrected chi connectivity index (χ1v) is 9.02. The van der Waals surface area contributed by atoms with Crippen molar-refractivity contribution < 1.29 is 27.8 Å². The Morgan fingerprint density at radius 3 is 2.64 bits per heavy atom. The third kappa shape index (κ3) is 7.13. The molecule has 5 nitrogen and oxygen atoms in total. The predicted octanol–water partition coefficient (Wildman–Crippen LogP) is 1.98. The number of ether oxygens (including phenoxy) is 1. The minimum absolute atomic E-state index is 0.0833. The number of thioether (sulfide) groups is 1. The highest BCUT2D eigenvalue weighted by molar-refractivity contribution is 7.98. The zero-order valence-electron chi connectivity index (χ0n) is 14.1. The molecule has 0 aliphatic heterocycles. The number of amides is 1. The lowest BCUT2D eigenvalue weighted by atomic mass is 10.2. The summed E-state index contributed by atoms with van der Waals surface area (Å²) in [5, 5.41) is 9.94. The van der Waals surface area contributed by atoms with Gasteiger partial charge in [0.25, 0.3) is 0 Å². The summed E-state index contributed by atoms with van der Waals surface area (Å²) in [7, 11) is 1.48. The second-order valence-electron chi connectivity index (χ2n) is 5.57. The molecular weight excluding hydrogens is 357 g/mol. The molecule has 0 saturated carbocycles. The van der Waals surface area contributed by atoms with E-state index in [1.165, 1.54) is 30.1 Å². The Morgan fingerprint density at radius 1 is 1.40 bits per heavy atom. The molecule has 1 amide bonds. The van der Waals surface area contributed by atoms with Gasteiger partial charge in [-0.2, -0.15) is 24.9 Å². The van der Waals surface area contributed by atoms with Crippen molar-refractivity contribution in [1.29, 1.82) is 0 Å². The minimum Gasteiger partial charge on any atom is -0.490 e. The maximum atomic E-state index is 12.9. The van der Waals surface area contributed by atoms with Crippen LogP contribution < -0.4 is 10.5 Å². The van der Waals surface area contributed by atoms with Crippen molar-refractivity contribution in [2.45, 2.75) is 24.7 Å². The van der Waals surface area contributed by atoms with E-state index in [0.29, 0.717) is 6.42 Å². The number of rotatable bonds is 9. The van der Waals surface area contributed by atoms with Gasteiger partial charge in [0.2, 0.25) is 5.91 Å². The summed E-state index contributed by atoms with van der Waals surface area (Å²) in [6.45, 7) is -0.454. The maximum Gasteiger partial charge on any atom is 0.419 e. The summed E-state index contributed by atoms with van der Waals surface area (Å²) in [6, 6.07) is 4.09. The van der Waals surface area contributed by atoms with Gasteiger partial charge in [-0.15, -0.1) is 0 Å². The van der Waals surface area contributed by atoms with Gasteiger partial charge in [-0.25, -0.2) is 0 Å². The van der Waals surface area contributed by atoms with E-state index in [1.54, 1.807) is 11.8 Å². The lowest BCUT2D eigenvalue weighted by molar-refractivity contribution is -0.139. The fourth-order valence-electron chi connectivity index (χ4n) is 2.12. The molecule has 1 aromatic carbocycles. The Kier molecular flexibility index (Phi) is 8.54. The Labute approximate surface area is 149 Å². The van der Waals surface area contributed by atoms with Gasteiger partial charge in [0.05, 0.1) is 11.6 Å². The molecule has 2 atom stereocenters. The van der Waals surface area contributed by atoms with E-state index in [1.807, 2.05) is 6.26 Å². The van der Waals surface area contributed by atoms with Crippen LogP contribution in [0.1, 0.15) is 12.0 Å². The number of hydrogen-bond donors (Lipinski definition) is 2. The highest BCUT2D eigenvalue weighted by atomic mass is 32.2. The van der Waals surface area contributed by atoms with Gasteiger partial charge in [-0.3, -0.25) is 4.79 Å². The van der Waals surface area contributed by atoms with E-state index in [0.717, 1.165) is 11.8 Å². The minimum atomic E-state index is -4.54. The second-order valence-corrected chi connectivity index (χ2v) is 6.55. The van der Waals surface area contributed by atoms with Gasteiger partial charge in [-0.05, 0) is 30.6 Å². The number of aliphatic hydroxyl groups excluding tert-OH is 1. The van der Waals surface area contributed by atoms with Crippen molar-refractivity contribution in [3.8, 4) is 5.75 Å². The topological polar surface area (TPSA) is 75.8 Å². The van der Waals surface area contributed by atoms with E-state index < -0.39 is 23.9 Å². The molecule has 0 saturated heterocycles. The average Bonchev–Trinajstić information content (AvgIpc) is 2.56. The molecule has 0 bridgehead atoms. The number of carbonyl (C=O) groups excluding carboxylic acids is 1. The number of likely N-dealkylation sites (N-methyl/N-ethyl adjacent to an activating group) is 1. The Balaban J connectivity index is 2.55. The van der Waals surface area contributed by atoms with Crippen molar-refractivity contribution in [2.75, 3.05) is 32.2 Å². The summed E-state index contributed by atoms with van der Waals surface area (Å²) in [5.74, 6) is 0.0455. The molecule has 25 heavy (non-hydrogen) atoms. The average molecular weight is 380 g/mol. The van der Waals surface area contributed by atoms with Gasteiger partial charge in [0, 0.05) is 13.6 Å². The van der Waals surface area contributed by atoms with Gasteiger partial charge >= 0.3 is 6.18 Å². The number of carbonyl (C=O) groups is 1. The zero-order chi connectivity index (χ0) is 19.0. The van der Waals surface area contributed by atoms with Crippen molar-refractivity contribution in [1.82, 2.24) is 4.90 Å². The van der Waals surface area contributed by atoms with Crippen LogP contribution in [0.3, 0.4) is 0 Å². The van der Waals surface area contributed by atoms with Crippen LogP contribution in [0.15, 0.2) is 24.3 Å². The fraction of sp³-hybridized carbons (Fsp3) is 0.562. The SMILES string of the molecule is CSCC[C@H](N)C(=O)N(C)CC(O)COc1ccccc1C(F)(F)F. The number of para-hydroxylation sites is 1. The van der Waals surface area contributed by atoms with Gasteiger partial charge in [-0.1, -0.05) is 12.1 Å². The maximum absolute atomic E-state index is 12.9. The van der Waals surface area contributed by atoms with Crippen molar-refractivity contribution in [2.24, 2.45) is 5.73 Å². The van der Waals surface area contributed by atoms with Crippen LogP contribution in [-0.2, 0) is 11.0 Å². The van der Waals surface area contributed by atoms with Crippen molar-refractivity contribution >= 4 is 17.7 Å². The van der Waals surface area contributed by atoms with E-state index in [4.69, 9.17) is 10.5 Å². The van der Waals surface area contributed by atoms with Crippen LogP contribution in [0.5, 0.6) is 5.75 Å². The van der Waals surface area contributed by atoms with E-state index in [9.17, 15) is 23.1 Å². The Bertz CT molecular complexity index is 558. The van der Waals surface area contributed by atoms with Gasteiger partial charge in [0.15, 0.2) is 0 Å². The summed E-state index contributed by atoms with van der Waals surface area (Å²) in [5.41, 5.74) is 4.86. The molecule has 0 aromatic heterocycles. The monoisotopic (exact) mass is 380 g/mol. The second kappa shape index (κ2) is 9.88. The van der Waals surface area contributed by atoms with Crippen LogP contribution in [0.25, 0.3) is 0 Å². The predicted molar refractivity (Wildman–Crippen MR) is 91.6 cm³/mol. The van der Waals surface area contributed by atoms with E-state index in [-0.39, 0.29) is 24.8 Å². The number of nitrogens with zero attached hydrogens (tertiary/aromatic N) is 1. The largest absolute Gasteiger partial charge is 0.490 e. The normalized spacial score (nSPS) is 14.0. The third-order valence-corrected chi connectivity index (χ3v) is 4.08. The van der Waals surface area contributed by atoms with Crippen LogP contribution in [0, 0.1) is 0 Å². The first-order chi connectivity index (χ1) is 11.7. The molecular formula is C16H23F3N2O3S. The lowest BCUT2D eigenvalue weighted by Crippen LogP contribution is -2.45. The molecule has 142 valence electrons. The Hall–Kier alpha value is -1.45. The smallest absolute Gasteiger partial charge is 0.419 e. The quantitative estimate of drug-likeness (QED) is 0.685. The van der Waals surface area contributed by atoms with Crippen LogP contribution in [0.4, 0.5) is 13.2 Å². The highest BCUT2D eigenvalue weighted by Gasteiger charge is 2.34. The highest BCUT2D eigenvalue weighted by Crippen LogP contribution is 2.35. The molecule has 3 N–H and O–H groups in total. The molecule has 0 radical (unpaired) electrons. The summed E-state index contributed by atoms with van der Waals surface area (Å²) >= 11 is 1.57. The number of aliphatic hydroxyl groups is 1. The number of nitrogens with two attached hydrogens (primary N) is 1. The Morgan fingerprint density at radius 2 is 2.04 bits per heavy atom. The number of halogens is 3.